The molecule has 192 valence electrons. The quantitative estimate of drug-likeness (QED) is 0.248. The molecule has 2 aromatic carbocycles. The fourth-order valence-electron chi connectivity index (χ4n) is 4.05. The topological polar surface area (TPSA) is 135 Å². The van der Waals surface area contributed by atoms with Crippen molar-refractivity contribution in [1.29, 1.82) is 0 Å². The highest BCUT2D eigenvalue weighted by Gasteiger charge is 2.14. The highest BCUT2D eigenvalue weighted by molar-refractivity contribution is 6.32. The second-order valence-corrected chi connectivity index (χ2v) is 9.00. The van der Waals surface area contributed by atoms with Crippen molar-refractivity contribution in [2.24, 2.45) is 0 Å². The van der Waals surface area contributed by atoms with E-state index in [1.165, 1.54) is 0 Å². The van der Waals surface area contributed by atoms with Crippen LogP contribution in [-0.2, 0) is 11.3 Å². The monoisotopic (exact) mass is 521 g/mol. The van der Waals surface area contributed by atoms with Gasteiger partial charge in [-0.3, -0.25) is 4.90 Å². The molecule has 10 nitrogen and oxygen atoms in total. The summed E-state index contributed by atoms with van der Waals surface area (Å²) in [6.45, 7) is 5.18. The maximum absolute atomic E-state index is 6.48. The van der Waals surface area contributed by atoms with Crippen LogP contribution in [0.3, 0.4) is 0 Å². The minimum Gasteiger partial charge on any atom is -0.491 e. The SMILES string of the molecule is Nc1cc2c(N)nc(-c3ccc(OCc4ncccn4)c(Cl)c3)nc2cc1OCCCN1CCOCC1. The molecule has 1 aliphatic rings. The van der Waals surface area contributed by atoms with Gasteiger partial charge in [-0.2, -0.15) is 0 Å². The zero-order chi connectivity index (χ0) is 25.6. The summed E-state index contributed by atoms with van der Waals surface area (Å²) in [5, 5.41) is 1.08. The van der Waals surface area contributed by atoms with Gasteiger partial charge in [-0.25, -0.2) is 19.9 Å². The molecule has 0 amide bonds. The van der Waals surface area contributed by atoms with Gasteiger partial charge in [-0.15, -0.1) is 0 Å². The number of hydrogen-bond donors (Lipinski definition) is 2. The number of nitrogens with two attached hydrogens (primary N) is 2. The van der Waals surface area contributed by atoms with Crippen LogP contribution in [0.1, 0.15) is 12.2 Å². The van der Waals surface area contributed by atoms with Crippen LogP contribution in [-0.4, -0.2) is 64.3 Å². The molecule has 0 bridgehead atoms. The Kier molecular flexibility index (Phi) is 7.79. The molecule has 11 heteroatoms. The molecule has 0 aliphatic carbocycles. The van der Waals surface area contributed by atoms with Crippen molar-refractivity contribution in [1.82, 2.24) is 24.8 Å². The fraction of sp³-hybridized carbons (Fsp3) is 0.308. The first-order valence-corrected chi connectivity index (χ1v) is 12.4. The Hall–Kier alpha value is -3.73. The van der Waals surface area contributed by atoms with Gasteiger partial charge in [0, 0.05) is 49.0 Å². The Balaban J connectivity index is 1.29. The van der Waals surface area contributed by atoms with Gasteiger partial charge in [0.1, 0.15) is 23.9 Å². The van der Waals surface area contributed by atoms with E-state index in [-0.39, 0.29) is 6.61 Å². The summed E-state index contributed by atoms with van der Waals surface area (Å²) in [5.74, 6) is 2.40. The summed E-state index contributed by atoms with van der Waals surface area (Å²) in [5.41, 5.74) is 14.3. The highest BCUT2D eigenvalue weighted by Crippen LogP contribution is 2.33. The normalized spacial score (nSPS) is 14.1. The van der Waals surface area contributed by atoms with E-state index in [0.29, 0.717) is 62.7 Å². The van der Waals surface area contributed by atoms with E-state index in [2.05, 4.69) is 19.9 Å². The van der Waals surface area contributed by atoms with Gasteiger partial charge >= 0.3 is 0 Å². The Morgan fingerprint density at radius 2 is 1.78 bits per heavy atom. The minimum atomic E-state index is 0.204. The first-order valence-electron chi connectivity index (χ1n) is 12.0. The molecule has 0 spiro atoms. The van der Waals surface area contributed by atoms with E-state index < -0.39 is 0 Å². The Labute approximate surface area is 219 Å². The molecule has 4 aromatic rings. The van der Waals surface area contributed by atoms with Gasteiger partial charge in [0.15, 0.2) is 11.6 Å². The average molecular weight is 522 g/mol. The average Bonchev–Trinajstić information content (AvgIpc) is 2.92. The summed E-state index contributed by atoms with van der Waals surface area (Å²) in [6.07, 6.45) is 4.21. The molecule has 1 saturated heterocycles. The van der Waals surface area contributed by atoms with E-state index >= 15 is 0 Å². The number of ether oxygens (including phenoxy) is 3. The van der Waals surface area contributed by atoms with Crippen molar-refractivity contribution in [3.05, 3.63) is 59.6 Å². The maximum Gasteiger partial charge on any atom is 0.166 e. The van der Waals surface area contributed by atoms with E-state index in [0.717, 1.165) is 39.3 Å². The number of anilines is 2. The fourth-order valence-corrected chi connectivity index (χ4v) is 4.28. The van der Waals surface area contributed by atoms with Gasteiger partial charge in [0.2, 0.25) is 0 Å². The molecule has 0 unspecified atom stereocenters. The standard InChI is InChI=1S/C26H28ClN7O3/c27-19-13-17(3-4-22(19)37-16-24-30-5-1-6-31-24)26-32-21-15-23(20(28)14-18(21)25(29)33-26)36-10-2-7-34-8-11-35-12-9-34/h1,3-6,13-15H,2,7-12,16,28H2,(H2,29,32,33). The molecule has 0 saturated carbocycles. The third-order valence-corrected chi connectivity index (χ3v) is 6.30. The predicted molar refractivity (Wildman–Crippen MR) is 143 cm³/mol. The largest absolute Gasteiger partial charge is 0.491 e. The van der Waals surface area contributed by atoms with Crippen LogP contribution >= 0.6 is 11.6 Å². The van der Waals surface area contributed by atoms with Gasteiger partial charge in [0.25, 0.3) is 0 Å². The van der Waals surface area contributed by atoms with Crippen molar-refractivity contribution in [3.63, 3.8) is 0 Å². The number of nitrogens with zero attached hydrogens (tertiary/aromatic N) is 5. The Morgan fingerprint density at radius 3 is 2.57 bits per heavy atom. The number of benzene rings is 2. The van der Waals surface area contributed by atoms with E-state index in [1.54, 1.807) is 42.7 Å². The highest BCUT2D eigenvalue weighted by atomic mass is 35.5. The lowest BCUT2D eigenvalue weighted by Gasteiger charge is -2.26. The van der Waals surface area contributed by atoms with Crippen molar-refractivity contribution >= 4 is 34.0 Å². The third-order valence-electron chi connectivity index (χ3n) is 6.00. The van der Waals surface area contributed by atoms with Gasteiger partial charge < -0.3 is 25.7 Å². The molecule has 3 heterocycles. The summed E-state index contributed by atoms with van der Waals surface area (Å²) in [7, 11) is 0. The van der Waals surface area contributed by atoms with Crippen molar-refractivity contribution < 1.29 is 14.2 Å². The molecular formula is C26H28ClN7O3. The van der Waals surface area contributed by atoms with E-state index in [4.69, 9.17) is 42.3 Å². The number of rotatable bonds is 9. The molecule has 0 radical (unpaired) electrons. The first-order chi connectivity index (χ1) is 18.1. The molecule has 37 heavy (non-hydrogen) atoms. The van der Waals surface area contributed by atoms with Gasteiger partial charge in [-0.1, -0.05) is 11.6 Å². The molecule has 1 fully saturated rings. The summed E-state index contributed by atoms with van der Waals surface area (Å²) >= 11 is 6.48. The zero-order valence-corrected chi connectivity index (χ0v) is 21.0. The van der Waals surface area contributed by atoms with Crippen LogP contribution < -0.4 is 20.9 Å². The van der Waals surface area contributed by atoms with Crippen LogP contribution in [0.5, 0.6) is 11.5 Å². The van der Waals surface area contributed by atoms with Crippen LogP contribution in [0.25, 0.3) is 22.3 Å². The lowest BCUT2D eigenvalue weighted by atomic mass is 10.1. The predicted octanol–water partition coefficient (Wildman–Crippen LogP) is 3.58. The maximum atomic E-state index is 6.48. The summed E-state index contributed by atoms with van der Waals surface area (Å²) in [6, 6.07) is 10.6. The van der Waals surface area contributed by atoms with Crippen LogP contribution in [0.15, 0.2) is 48.8 Å². The van der Waals surface area contributed by atoms with Crippen molar-refractivity contribution in [3.8, 4) is 22.9 Å². The van der Waals surface area contributed by atoms with Crippen molar-refractivity contribution in [2.45, 2.75) is 13.0 Å². The number of halogens is 1. The molecule has 4 N–H and O–H groups in total. The second-order valence-electron chi connectivity index (χ2n) is 8.59. The molecule has 1 aliphatic heterocycles. The molecule has 2 aromatic heterocycles. The zero-order valence-electron chi connectivity index (χ0n) is 20.3. The molecular weight excluding hydrogens is 494 g/mol. The van der Waals surface area contributed by atoms with E-state index in [1.807, 2.05) is 6.07 Å². The van der Waals surface area contributed by atoms with Gasteiger partial charge in [0.05, 0.1) is 36.0 Å². The number of aromatic nitrogens is 4. The number of hydrogen-bond acceptors (Lipinski definition) is 10. The number of morpholine rings is 1. The number of fused-ring (bicyclic) bond motifs is 1. The number of nitrogen functional groups attached to an aromatic ring is 2. The third kappa shape index (κ3) is 6.16. The summed E-state index contributed by atoms with van der Waals surface area (Å²) in [4.78, 5) is 19.8. The lowest BCUT2D eigenvalue weighted by Crippen LogP contribution is -2.37. The Bertz CT molecular complexity index is 1370. The van der Waals surface area contributed by atoms with Crippen LogP contribution in [0, 0.1) is 0 Å². The van der Waals surface area contributed by atoms with E-state index in [9.17, 15) is 0 Å². The van der Waals surface area contributed by atoms with Crippen LogP contribution in [0.4, 0.5) is 11.5 Å². The van der Waals surface area contributed by atoms with Crippen molar-refractivity contribution in [2.75, 3.05) is 50.9 Å². The first kappa shape index (κ1) is 24.9. The molecule has 0 atom stereocenters. The van der Waals surface area contributed by atoms with Gasteiger partial charge in [-0.05, 0) is 36.8 Å². The second kappa shape index (κ2) is 11.5. The Morgan fingerprint density at radius 1 is 0.973 bits per heavy atom. The smallest absolute Gasteiger partial charge is 0.166 e. The lowest BCUT2D eigenvalue weighted by molar-refractivity contribution is 0.0358. The van der Waals surface area contributed by atoms with Crippen LogP contribution in [0.2, 0.25) is 5.02 Å². The summed E-state index contributed by atoms with van der Waals surface area (Å²) < 4.78 is 17.1. The molecule has 5 rings (SSSR count). The minimum absolute atomic E-state index is 0.204.